The van der Waals surface area contributed by atoms with E-state index in [4.69, 9.17) is 0 Å². The van der Waals surface area contributed by atoms with E-state index in [0.29, 0.717) is 5.56 Å². The number of aryl methyl sites for hydroxylation is 2. The quantitative estimate of drug-likeness (QED) is 0.845. The number of nitrogens with zero attached hydrogens (tertiary/aromatic N) is 1. The van der Waals surface area contributed by atoms with Crippen molar-refractivity contribution in [2.45, 2.75) is 33.2 Å². The zero-order chi connectivity index (χ0) is 15.4. The van der Waals surface area contributed by atoms with Gasteiger partial charge in [-0.3, -0.25) is 4.98 Å². The van der Waals surface area contributed by atoms with Crippen molar-refractivity contribution in [2.24, 2.45) is 0 Å². The lowest BCUT2D eigenvalue weighted by Gasteiger charge is -2.21. The summed E-state index contributed by atoms with van der Waals surface area (Å²) in [6.07, 6.45) is 2.73. The van der Waals surface area contributed by atoms with Crippen LogP contribution >= 0.6 is 15.9 Å². The van der Waals surface area contributed by atoms with Crippen molar-refractivity contribution in [3.63, 3.8) is 0 Å². The molecule has 1 unspecified atom stereocenters. The highest BCUT2D eigenvalue weighted by molar-refractivity contribution is 9.10. The van der Waals surface area contributed by atoms with E-state index in [1.165, 1.54) is 0 Å². The summed E-state index contributed by atoms with van der Waals surface area (Å²) in [6, 6.07) is 7.24. The van der Waals surface area contributed by atoms with Gasteiger partial charge in [0.05, 0.1) is 11.7 Å². The zero-order valence-corrected chi connectivity index (χ0v) is 14.2. The number of hydrogen-bond acceptors (Lipinski definition) is 2. The van der Waals surface area contributed by atoms with Crippen LogP contribution in [0.1, 0.15) is 41.8 Å². The average molecular weight is 351 g/mol. The highest BCUT2D eigenvalue weighted by atomic mass is 79.9. The zero-order valence-electron chi connectivity index (χ0n) is 12.6. The molecule has 0 spiro atoms. The largest absolute Gasteiger partial charge is 0.305 e. The number of rotatable bonds is 5. The van der Waals surface area contributed by atoms with Gasteiger partial charge in [-0.1, -0.05) is 13.0 Å². The van der Waals surface area contributed by atoms with Gasteiger partial charge >= 0.3 is 0 Å². The fraction of sp³-hybridized carbons (Fsp3) is 0.353. The first-order chi connectivity index (χ1) is 10.0. The summed E-state index contributed by atoms with van der Waals surface area (Å²) in [4.78, 5) is 4.44. The normalized spacial score (nSPS) is 12.4. The Bertz CT molecular complexity index is 588. The molecule has 21 heavy (non-hydrogen) atoms. The van der Waals surface area contributed by atoms with Gasteiger partial charge in [0.1, 0.15) is 5.82 Å². The SMILES string of the molecule is CCCNC(c1ccc(Br)cn1)c1c(C)cc(C)cc1F. The molecule has 0 aliphatic carbocycles. The van der Waals surface area contributed by atoms with E-state index in [0.717, 1.165) is 34.3 Å². The molecule has 1 N–H and O–H groups in total. The van der Waals surface area contributed by atoms with E-state index >= 15 is 0 Å². The Labute approximate surface area is 133 Å². The van der Waals surface area contributed by atoms with Crippen LogP contribution in [0.2, 0.25) is 0 Å². The van der Waals surface area contributed by atoms with Crippen LogP contribution in [0.5, 0.6) is 0 Å². The maximum Gasteiger partial charge on any atom is 0.128 e. The average Bonchev–Trinajstić information content (AvgIpc) is 2.42. The summed E-state index contributed by atoms with van der Waals surface area (Å²) >= 11 is 3.38. The first-order valence-electron chi connectivity index (χ1n) is 7.14. The predicted octanol–water partition coefficient (Wildman–Crippen LogP) is 4.69. The second kappa shape index (κ2) is 7.14. The lowest BCUT2D eigenvalue weighted by molar-refractivity contribution is 0.536. The molecule has 2 aromatic rings. The standard InChI is InChI=1S/C17H20BrFN2/c1-4-7-20-17(15-6-5-13(18)10-21-15)16-12(3)8-11(2)9-14(16)19/h5-6,8-10,17,20H,4,7H2,1-3H3. The highest BCUT2D eigenvalue weighted by Crippen LogP contribution is 2.28. The van der Waals surface area contributed by atoms with Crippen molar-refractivity contribution in [1.82, 2.24) is 10.3 Å². The first-order valence-corrected chi connectivity index (χ1v) is 7.93. The lowest BCUT2D eigenvalue weighted by Crippen LogP contribution is -2.26. The molecule has 1 atom stereocenters. The summed E-state index contributed by atoms with van der Waals surface area (Å²) < 4.78 is 15.4. The summed E-state index contributed by atoms with van der Waals surface area (Å²) in [7, 11) is 0. The molecule has 0 radical (unpaired) electrons. The van der Waals surface area contributed by atoms with E-state index in [9.17, 15) is 4.39 Å². The van der Waals surface area contributed by atoms with Gasteiger partial charge in [0, 0.05) is 16.2 Å². The van der Waals surface area contributed by atoms with E-state index in [1.807, 2.05) is 32.0 Å². The van der Waals surface area contributed by atoms with Crippen LogP contribution in [-0.4, -0.2) is 11.5 Å². The van der Waals surface area contributed by atoms with Gasteiger partial charge in [-0.15, -0.1) is 0 Å². The van der Waals surface area contributed by atoms with Crippen LogP contribution in [0.4, 0.5) is 4.39 Å². The Morgan fingerprint density at radius 2 is 2.05 bits per heavy atom. The minimum absolute atomic E-state index is 0.175. The van der Waals surface area contributed by atoms with Crippen LogP contribution in [0.3, 0.4) is 0 Å². The van der Waals surface area contributed by atoms with E-state index in [-0.39, 0.29) is 11.9 Å². The fourth-order valence-corrected chi connectivity index (χ4v) is 2.73. The van der Waals surface area contributed by atoms with Crippen molar-refractivity contribution in [1.29, 1.82) is 0 Å². The molecule has 0 bridgehead atoms. The summed E-state index contributed by atoms with van der Waals surface area (Å²) in [5.74, 6) is -0.175. The van der Waals surface area contributed by atoms with Gasteiger partial charge in [0.2, 0.25) is 0 Å². The minimum Gasteiger partial charge on any atom is -0.305 e. The second-order valence-corrected chi connectivity index (χ2v) is 6.18. The van der Waals surface area contributed by atoms with Crippen LogP contribution < -0.4 is 5.32 Å². The van der Waals surface area contributed by atoms with Gasteiger partial charge < -0.3 is 5.32 Å². The lowest BCUT2D eigenvalue weighted by atomic mass is 9.95. The predicted molar refractivity (Wildman–Crippen MR) is 87.9 cm³/mol. The third kappa shape index (κ3) is 3.89. The van der Waals surface area contributed by atoms with Crippen molar-refractivity contribution in [3.05, 3.63) is 63.1 Å². The summed E-state index contributed by atoms with van der Waals surface area (Å²) in [6.45, 7) is 6.77. The molecule has 2 nitrogen and oxygen atoms in total. The van der Waals surface area contributed by atoms with Gasteiger partial charge in [0.25, 0.3) is 0 Å². The molecule has 0 saturated carbocycles. The molecule has 0 amide bonds. The van der Waals surface area contributed by atoms with Crippen LogP contribution in [-0.2, 0) is 0 Å². The van der Waals surface area contributed by atoms with E-state index in [1.54, 1.807) is 12.3 Å². The molecule has 0 aliphatic rings. The minimum atomic E-state index is -0.223. The molecule has 1 aromatic heterocycles. The molecule has 4 heteroatoms. The van der Waals surface area contributed by atoms with E-state index in [2.05, 4.69) is 33.2 Å². The van der Waals surface area contributed by atoms with E-state index < -0.39 is 0 Å². The molecule has 0 saturated heterocycles. The molecule has 112 valence electrons. The maximum absolute atomic E-state index is 14.5. The summed E-state index contributed by atoms with van der Waals surface area (Å²) in [5, 5.41) is 3.40. The number of benzene rings is 1. The molecule has 0 fully saturated rings. The van der Waals surface area contributed by atoms with Crippen LogP contribution in [0, 0.1) is 19.7 Å². The van der Waals surface area contributed by atoms with Crippen molar-refractivity contribution in [2.75, 3.05) is 6.54 Å². The number of nitrogens with one attached hydrogen (secondary N) is 1. The molecule has 1 heterocycles. The molecule has 2 rings (SSSR count). The van der Waals surface area contributed by atoms with Crippen molar-refractivity contribution < 1.29 is 4.39 Å². The number of aromatic nitrogens is 1. The monoisotopic (exact) mass is 350 g/mol. The smallest absolute Gasteiger partial charge is 0.128 e. The summed E-state index contributed by atoms with van der Waals surface area (Å²) in [5.41, 5.74) is 3.40. The molecule has 1 aromatic carbocycles. The molecular weight excluding hydrogens is 331 g/mol. The Hall–Kier alpha value is -1.26. The van der Waals surface area contributed by atoms with Gasteiger partial charge in [-0.05, 0) is 72.1 Å². The van der Waals surface area contributed by atoms with Crippen molar-refractivity contribution in [3.8, 4) is 0 Å². The third-order valence-electron chi connectivity index (χ3n) is 3.41. The Balaban J connectivity index is 2.47. The van der Waals surface area contributed by atoms with Crippen LogP contribution in [0.25, 0.3) is 0 Å². The first kappa shape index (κ1) is 16.1. The van der Waals surface area contributed by atoms with Crippen LogP contribution in [0.15, 0.2) is 34.9 Å². The molecule has 0 aliphatic heterocycles. The number of hydrogen-bond donors (Lipinski definition) is 1. The number of halogens is 2. The Morgan fingerprint density at radius 1 is 1.29 bits per heavy atom. The Kier molecular flexibility index (Phi) is 5.48. The van der Waals surface area contributed by atoms with Gasteiger partial charge in [-0.25, -0.2) is 4.39 Å². The maximum atomic E-state index is 14.5. The van der Waals surface area contributed by atoms with Gasteiger partial charge in [0.15, 0.2) is 0 Å². The third-order valence-corrected chi connectivity index (χ3v) is 3.88. The van der Waals surface area contributed by atoms with Gasteiger partial charge in [-0.2, -0.15) is 0 Å². The second-order valence-electron chi connectivity index (χ2n) is 5.27. The Morgan fingerprint density at radius 3 is 2.62 bits per heavy atom. The van der Waals surface area contributed by atoms with Crippen molar-refractivity contribution >= 4 is 15.9 Å². The number of pyridine rings is 1. The highest BCUT2D eigenvalue weighted by Gasteiger charge is 2.21. The fourth-order valence-electron chi connectivity index (χ4n) is 2.49. The molecular formula is C17H20BrFN2. The topological polar surface area (TPSA) is 24.9 Å².